The Bertz CT molecular complexity index is 359. The van der Waals surface area contributed by atoms with Gasteiger partial charge >= 0.3 is 0 Å². The van der Waals surface area contributed by atoms with Crippen LogP contribution in [0.1, 0.15) is 13.1 Å². The molecule has 0 bridgehead atoms. The van der Waals surface area contributed by atoms with E-state index < -0.39 is 5.91 Å². The van der Waals surface area contributed by atoms with Gasteiger partial charge in [0.2, 0.25) is 0 Å². The van der Waals surface area contributed by atoms with Crippen molar-refractivity contribution in [1.82, 2.24) is 10.4 Å². The number of nitrogen functional groups attached to an aromatic ring is 1. The van der Waals surface area contributed by atoms with Crippen molar-refractivity contribution in [2.45, 2.75) is 0 Å². The molecule has 0 radical (unpaired) electrons. The van der Waals surface area contributed by atoms with E-state index in [4.69, 9.17) is 5.57 Å². The molecule has 4 heteroatoms. The molecule has 0 aliphatic heterocycles. The van der Waals surface area contributed by atoms with Crippen LogP contribution in [0.15, 0.2) is 24.5 Å². The number of amides is 1. The summed E-state index contributed by atoms with van der Waals surface area (Å²) >= 11 is 0. The van der Waals surface area contributed by atoms with Crippen LogP contribution in [0.4, 0.5) is 0 Å². The number of pyridine rings is 1. The smallest absolute Gasteiger partial charge is 0.265 e. The summed E-state index contributed by atoms with van der Waals surface area (Å²) in [6.45, 7) is 0. The zero-order chi connectivity index (χ0) is 10.7. The van der Waals surface area contributed by atoms with Gasteiger partial charge in [0.15, 0.2) is 1.41 Å². The number of rotatable bonds is 2. The summed E-state index contributed by atoms with van der Waals surface area (Å²) in [7, 11) is 0. The van der Waals surface area contributed by atoms with E-state index in [1.165, 1.54) is 12.3 Å². The first-order valence-corrected chi connectivity index (χ1v) is 2.51. The largest absolute Gasteiger partial charge is 0.290 e. The van der Waals surface area contributed by atoms with Gasteiger partial charge in [-0.1, -0.05) is 0 Å². The lowest BCUT2D eigenvalue weighted by atomic mass is 10.3. The highest BCUT2D eigenvalue weighted by Crippen LogP contribution is 1.93. The summed E-state index contributed by atoms with van der Waals surface area (Å²) in [5.41, 5.74) is 0.0204. The van der Waals surface area contributed by atoms with E-state index in [1.807, 2.05) is 0 Å². The lowest BCUT2D eigenvalue weighted by Crippen LogP contribution is -2.29. The molecule has 52 valence electrons. The van der Waals surface area contributed by atoms with Crippen molar-refractivity contribution in [1.29, 1.82) is 0 Å². The number of nitrogens with one attached hydrogen (secondary N) is 1. The fourth-order valence-corrected chi connectivity index (χ4v) is 0.468. The predicted octanol–water partition coefficient (Wildman–Crippen LogP) is -0.315. The van der Waals surface area contributed by atoms with Gasteiger partial charge in [0.25, 0.3) is 5.91 Å². The molecule has 10 heavy (non-hydrogen) atoms. The number of carbonyl (C=O) groups excluding carboxylic acids is 1. The molecule has 1 aromatic rings. The molecule has 3 N–H and O–H groups in total. The van der Waals surface area contributed by atoms with E-state index in [0.717, 1.165) is 0 Å². The molecule has 1 amide bonds. The molecule has 0 aliphatic rings. The molecule has 0 fully saturated rings. The second-order valence-electron chi connectivity index (χ2n) is 1.51. The van der Waals surface area contributed by atoms with Gasteiger partial charge in [-0.15, -0.1) is 0 Å². The predicted molar refractivity (Wildman–Crippen MR) is 35.9 cm³/mol. The first kappa shape index (κ1) is 3.12. The Morgan fingerprint density at radius 1 is 2.10 bits per heavy atom. The molecule has 0 aromatic carbocycles. The molecular weight excluding hydrogens is 130 g/mol. The average Bonchev–Trinajstić information content (AvgIpc) is 2.20. The first-order chi connectivity index (χ1) is 6.57. The van der Waals surface area contributed by atoms with Crippen molar-refractivity contribution in [3.05, 3.63) is 30.0 Å². The number of nitrogens with two attached hydrogens (primary N) is 1. The van der Waals surface area contributed by atoms with Crippen molar-refractivity contribution in [2.75, 3.05) is 0 Å². The third kappa shape index (κ3) is 1.29. The summed E-state index contributed by atoms with van der Waals surface area (Å²) in [5.74, 6) is 0.671. The Hall–Kier alpha value is -1.42. The maximum atomic E-state index is 11.3. The molecular formula is C6H7N3O. The number of carbonyl (C=O) groups is 1. The van der Waals surface area contributed by atoms with Crippen molar-refractivity contribution in [3.63, 3.8) is 0 Å². The third-order valence-electron chi connectivity index (χ3n) is 0.903. The fraction of sp³-hybridized carbons (Fsp3) is 0. The lowest BCUT2D eigenvalue weighted by molar-refractivity contribution is 0.0953. The minimum Gasteiger partial charge on any atom is -0.290 e. The molecule has 1 rings (SSSR count). The molecule has 1 heterocycles. The highest BCUT2D eigenvalue weighted by Gasteiger charge is 1.98. The van der Waals surface area contributed by atoms with Gasteiger partial charge in [-0.05, 0) is 12.1 Å². The highest BCUT2D eigenvalue weighted by atomic mass is 16.2. The molecule has 0 aliphatic carbocycles. The van der Waals surface area contributed by atoms with Gasteiger partial charge in [0.1, 0.15) is 1.41 Å². The van der Waals surface area contributed by atoms with Gasteiger partial charge in [-0.2, -0.15) is 0 Å². The zero-order valence-corrected chi connectivity index (χ0v) is 4.96. The maximum absolute atomic E-state index is 11.3. The van der Waals surface area contributed by atoms with Crippen molar-refractivity contribution in [3.8, 4) is 0 Å². The quantitative estimate of drug-likeness (QED) is 0.337. The second kappa shape index (κ2) is 2.93. The van der Waals surface area contributed by atoms with Gasteiger partial charge in [0.05, 0.1) is 2.74 Å². The second-order valence-corrected chi connectivity index (χ2v) is 1.51. The number of hydrogen-bond donors (Lipinski definition) is 2. The lowest BCUT2D eigenvalue weighted by Gasteiger charge is -1.95. The van der Waals surface area contributed by atoms with Crippen LogP contribution in [-0.4, -0.2) is 10.9 Å². The van der Waals surface area contributed by atoms with Crippen molar-refractivity contribution in [2.24, 2.45) is 5.84 Å². The molecule has 0 atom stereocenters. The SMILES string of the molecule is [2H]NN([2H])C(=O)c1ccnc([2H])c1[2H]. The van der Waals surface area contributed by atoms with Crippen LogP contribution in [0.5, 0.6) is 0 Å². The Balaban J connectivity index is 3.07. The van der Waals surface area contributed by atoms with Gasteiger partial charge in [0, 0.05) is 17.9 Å². The average molecular weight is 141 g/mol. The number of hydrazine groups is 1. The van der Waals surface area contributed by atoms with Crippen molar-refractivity contribution >= 4 is 5.91 Å². The van der Waals surface area contributed by atoms with E-state index in [0.29, 0.717) is 0 Å². The molecule has 1 aromatic heterocycles. The standard InChI is InChI=1S/C6H7N3O/c7-9-6(10)5-1-3-8-4-2-5/h1-4H,7H2,(H,9,10)/i1D,3D/hD2. The Morgan fingerprint density at radius 2 is 3.00 bits per heavy atom. The fourth-order valence-electron chi connectivity index (χ4n) is 0.468. The van der Waals surface area contributed by atoms with Gasteiger partial charge < -0.3 is 0 Å². The minimum atomic E-state index is -0.874. The molecule has 0 saturated heterocycles. The number of hydrogen-bond acceptors (Lipinski definition) is 3. The van der Waals surface area contributed by atoms with E-state index in [-0.39, 0.29) is 23.2 Å². The molecule has 0 unspecified atom stereocenters. The summed E-state index contributed by atoms with van der Waals surface area (Å²) in [6, 6.07) is 0.867. The van der Waals surface area contributed by atoms with E-state index >= 15 is 0 Å². The van der Waals surface area contributed by atoms with Gasteiger partial charge in [-0.25, -0.2) is 5.84 Å². The maximum Gasteiger partial charge on any atom is 0.265 e. The summed E-state index contributed by atoms with van der Waals surface area (Å²) in [6.07, 6.45) is 0.861. The van der Waals surface area contributed by atoms with E-state index in [1.54, 1.807) is 5.84 Å². The Labute approximate surface area is 63.8 Å². The first-order valence-electron chi connectivity index (χ1n) is 4.45. The van der Waals surface area contributed by atoms with Gasteiger partial charge in [-0.3, -0.25) is 15.2 Å². The summed E-state index contributed by atoms with van der Waals surface area (Å²) < 4.78 is 28.0. The van der Waals surface area contributed by atoms with Crippen LogP contribution >= 0.6 is 0 Å². The molecule has 0 saturated carbocycles. The van der Waals surface area contributed by atoms with Crippen LogP contribution in [0.2, 0.25) is 2.82 Å². The van der Waals surface area contributed by atoms with E-state index in [2.05, 4.69) is 4.98 Å². The highest BCUT2D eigenvalue weighted by molar-refractivity contribution is 5.93. The minimum absolute atomic E-state index is 0.139. The van der Waals surface area contributed by atoms with Crippen LogP contribution in [0.25, 0.3) is 0 Å². The van der Waals surface area contributed by atoms with Crippen LogP contribution in [0.3, 0.4) is 0 Å². The summed E-state index contributed by atoms with van der Waals surface area (Å²) in [5, 5.41) is 0. The summed E-state index contributed by atoms with van der Waals surface area (Å²) in [4.78, 5) is 14.8. The Kier molecular flexibility index (Phi) is 0.913. The monoisotopic (exact) mass is 141 g/mol. The third-order valence-corrected chi connectivity index (χ3v) is 0.903. The number of aromatic nitrogens is 1. The zero-order valence-electron chi connectivity index (χ0n) is 8.96. The molecule has 0 spiro atoms. The molecule has 4 nitrogen and oxygen atoms in total. The Morgan fingerprint density at radius 3 is 3.80 bits per heavy atom. The van der Waals surface area contributed by atoms with Crippen molar-refractivity contribution < 1.29 is 10.4 Å². The van der Waals surface area contributed by atoms with Crippen LogP contribution in [-0.2, 0) is 0 Å². The van der Waals surface area contributed by atoms with E-state index in [9.17, 15) is 4.79 Å². The number of nitrogens with zero attached hydrogens (tertiary/aromatic N) is 1. The normalized spacial score (nSPS) is 14.4. The van der Waals surface area contributed by atoms with Crippen LogP contribution < -0.4 is 11.3 Å². The topological polar surface area (TPSA) is 68.0 Å². The van der Waals surface area contributed by atoms with Crippen LogP contribution in [0, 0.1) is 0 Å².